The molecular formula is C20H23N5S. The number of nitrogens with two attached hydrogens (primary N) is 1. The average Bonchev–Trinajstić information content (AvgIpc) is 3.17. The Morgan fingerprint density at radius 2 is 1.88 bits per heavy atom. The van der Waals surface area contributed by atoms with Gasteiger partial charge < -0.3 is 16.0 Å². The lowest BCUT2D eigenvalue weighted by Crippen LogP contribution is -2.39. The van der Waals surface area contributed by atoms with E-state index in [4.69, 9.17) is 5.73 Å². The Labute approximate surface area is 157 Å². The Morgan fingerprint density at radius 3 is 2.62 bits per heavy atom. The van der Waals surface area contributed by atoms with Crippen LogP contribution < -0.4 is 16.0 Å². The molecule has 0 aliphatic carbocycles. The van der Waals surface area contributed by atoms with Crippen molar-refractivity contribution in [3.63, 3.8) is 0 Å². The summed E-state index contributed by atoms with van der Waals surface area (Å²) in [5.41, 5.74) is 9.31. The lowest BCUT2D eigenvalue weighted by atomic mass is 10.1. The topological polar surface area (TPSA) is 67.1 Å². The highest BCUT2D eigenvalue weighted by molar-refractivity contribution is 7.15. The summed E-state index contributed by atoms with van der Waals surface area (Å²) >= 11 is 1.68. The maximum Gasteiger partial charge on any atom is 0.142 e. The van der Waals surface area contributed by atoms with Gasteiger partial charge in [-0.1, -0.05) is 6.07 Å². The minimum atomic E-state index is 0.363. The maximum atomic E-state index is 5.99. The van der Waals surface area contributed by atoms with Gasteiger partial charge in [0.1, 0.15) is 5.01 Å². The lowest BCUT2D eigenvalue weighted by molar-refractivity contribution is 0.501. The van der Waals surface area contributed by atoms with Gasteiger partial charge in [0.2, 0.25) is 0 Å². The third-order valence-electron chi connectivity index (χ3n) is 4.68. The number of aromatic nitrogens is 2. The largest absolute Gasteiger partial charge is 0.380 e. The van der Waals surface area contributed by atoms with E-state index in [9.17, 15) is 0 Å². The third-order valence-corrected chi connectivity index (χ3v) is 5.70. The molecule has 0 amide bonds. The van der Waals surface area contributed by atoms with E-state index in [1.807, 2.05) is 24.4 Å². The van der Waals surface area contributed by atoms with Crippen LogP contribution in [-0.4, -0.2) is 29.1 Å². The van der Waals surface area contributed by atoms with Crippen LogP contribution >= 0.6 is 11.3 Å². The second-order valence-corrected chi connectivity index (χ2v) is 7.69. The minimum Gasteiger partial charge on any atom is -0.380 e. The summed E-state index contributed by atoms with van der Waals surface area (Å²) in [4.78, 5) is 12.4. The molecule has 3 N–H and O–H groups in total. The van der Waals surface area contributed by atoms with Gasteiger partial charge in [-0.2, -0.15) is 0 Å². The Morgan fingerprint density at radius 1 is 1.08 bits per heavy atom. The molecule has 0 atom stereocenters. The van der Waals surface area contributed by atoms with Gasteiger partial charge in [0, 0.05) is 47.8 Å². The Balaban J connectivity index is 1.34. The minimum absolute atomic E-state index is 0.363. The van der Waals surface area contributed by atoms with Crippen molar-refractivity contribution in [1.29, 1.82) is 0 Å². The van der Waals surface area contributed by atoms with Crippen molar-refractivity contribution in [2.24, 2.45) is 5.73 Å². The van der Waals surface area contributed by atoms with Crippen LogP contribution in [0.25, 0.3) is 10.7 Å². The monoisotopic (exact) mass is 365 g/mol. The molecule has 1 aliphatic heterocycles. The first kappa shape index (κ1) is 17.0. The number of nitrogens with one attached hydrogen (secondary N) is 1. The first-order chi connectivity index (χ1) is 12.8. The third kappa shape index (κ3) is 4.03. The van der Waals surface area contributed by atoms with E-state index in [1.165, 1.54) is 10.6 Å². The van der Waals surface area contributed by atoms with E-state index < -0.39 is 0 Å². The van der Waals surface area contributed by atoms with E-state index >= 15 is 0 Å². The quantitative estimate of drug-likeness (QED) is 0.721. The zero-order valence-corrected chi connectivity index (χ0v) is 15.5. The van der Waals surface area contributed by atoms with Crippen LogP contribution in [0, 0.1) is 0 Å². The molecule has 4 rings (SSSR count). The normalized spacial score (nSPS) is 15.2. The molecule has 0 radical (unpaired) electrons. The summed E-state index contributed by atoms with van der Waals surface area (Å²) in [5.74, 6) is 0. The van der Waals surface area contributed by atoms with Crippen LogP contribution in [0.1, 0.15) is 17.7 Å². The van der Waals surface area contributed by atoms with E-state index in [0.29, 0.717) is 6.04 Å². The molecule has 1 saturated heterocycles. The highest BCUT2D eigenvalue weighted by atomic mass is 32.1. The van der Waals surface area contributed by atoms with Crippen molar-refractivity contribution in [1.82, 2.24) is 9.97 Å². The van der Waals surface area contributed by atoms with E-state index in [2.05, 4.69) is 44.5 Å². The summed E-state index contributed by atoms with van der Waals surface area (Å²) in [6, 6.07) is 14.9. The molecule has 0 spiro atoms. The molecule has 1 aromatic carbocycles. The number of anilines is 2. The van der Waals surface area contributed by atoms with Gasteiger partial charge in [-0.05, 0) is 49.2 Å². The Kier molecular flexibility index (Phi) is 5.13. The van der Waals surface area contributed by atoms with Gasteiger partial charge >= 0.3 is 0 Å². The van der Waals surface area contributed by atoms with E-state index in [0.717, 1.165) is 48.9 Å². The van der Waals surface area contributed by atoms with Crippen molar-refractivity contribution in [2.75, 3.05) is 23.3 Å². The van der Waals surface area contributed by atoms with Gasteiger partial charge in [-0.15, -0.1) is 11.3 Å². The van der Waals surface area contributed by atoms with Crippen molar-refractivity contribution >= 4 is 22.7 Å². The number of nitrogens with zero attached hydrogens (tertiary/aromatic N) is 3. The maximum absolute atomic E-state index is 5.99. The van der Waals surface area contributed by atoms with Crippen LogP contribution in [0.2, 0.25) is 0 Å². The highest BCUT2D eigenvalue weighted by Crippen LogP contribution is 2.25. The zero-order valence-electron chi connectivity index (χ0n) is 14.6. The number of hydrogen-bond donors (Lipinski definition) is 2. The van der Waals surface area contributed by atoms with Gasteiger partial charge in [-0.25, -0.2) is 4.98 Å². The predicted octanol–water partition coefficient (Wildman–Crippen LogP) is 3.74. The van der Waals surface area contributed by atoms with Crippen LogP contribution in [0.15, 0.2) is 54.9 Å². The average molecular weight is 366 g/mol. The summed E-state index contributed by atoms with van der Waals surface area (Å²) in [6.45, 7) is 2.86. The van der Waals surface area contributed by atoms with Crippen LogP contribution in [-0.2, 0) is 6.54 Å². The zero-order chi connectivity index (χ0) is 17.8. The van der Waals surface area contributed by atoms with Gasteiger partial charge in [0.25, 0.3) is 0 Å². The van der Waals surface area contributed by atoms with Crippen LogP contribution in [0.3, 0.4) is 0 Å². The number of pyridine rings is 1. The molecule has 0 saturated carbocycles. The molecule has 3 aromatic rings. The van der Waals surface area contributed by atoms with Crippen LogP contribution in [0.4, 0.5) is 11.4 Å². The van der Waals surface area contributed by atoms with Crippen molar-refractivity contribution in [3.8, 4) is 10.7 Å². The van der Waals surface area contributed by atoms with Crippen molar-refractivity contribution in [3.05, 3.63) is 59.7 Å². The summed E-state index contributed by atoms with van der Waals surface area (Å²) in [6.07, 6.45) is 5.87. The summed E-state index contributed by atoms with van der Waals surface area (Å²) in [7, 11) is 0. The molecule has 0 bridgehead atoms. The van der Waals surface area contributed by atoms with Crippen LogP contribution in [0.5, 0.6) is 0 Å². The van der Waals surface area contributed by atoms with Crippen molar-refractivity contribution < 1.29 is 0 Å². The summed E-state index contributed by atoms with van der Waals surface area (Å²) in [5, 5.41) is 4.43. The van der Waals surface area contributed by atoms with Gasteiger partial charge in [-0.3, -0.25) is 4.98 Å². The lowest BCUT2D eigenvalue weighted by Gasteiger charge is -2.32. The number of rotatable bonds is 5. The fourth-order valence-electron chi connectivity index (χ4n) is 3.13. The molecule has 3 heterocycles. The fraction of sp³-hybridized carbons (Fsp3) is 0.300. The molecular weight excluding hydrogens is 342 g/mol. The fourth-order valence-corrected chi connectivity index (χ4v) is 3.96. The molecule has 2 aromatic heterocycles. The number of thiazole rings is 1. The molecule has 1 aliphatic rings. The van der Waals surface area contributed by atoms with Crippen molar-refractivity contribution in [2.45, 2.75) is 25.4 Å². The highest BCUT2D eigenvalue weighted by Gasteiger charge is 2.16. The second-order valence-electron chi connectivity index (χ2n) is 6.57. The van der Waals surface area contributed by atoms with E-state index in [-0.39, 0.29) is 0 Å². The SMILES string of the molecule is NC1CCN(c2ccc(NCc3cnc(-c4ccccn4)s3)cc2)CC1. The number of piperidine rings is 1. The number of benzene rings is 1. The van der Waals surface area contributed by atoms with Gasteiger partial charge in [0.05, 0.1) is 12.2 Å². The molecule has 0 unspecified atom stereocenters. The standard InChI is InChI=1S/C20H23N5S/c21-15-8-11-25(12-9-15)17-6-4-16(5-7-17)23-13-18-14-24-20(26-18)19-3-1-2-10-22-19/h1-7,10,14-15,23H,8-9,11-13,21H2. The smallest absolute Gasteiger partial charge is 0.142 e. The second kappa shape index (κ2) is 7.85. The molecule has 1 fully saturated rings. The predicted molar refractivity (Wildman–Crippen MR) is 109 cm³/mol. The molecule has 134 valence electrons. The molecule has 6 heteroatoms. The van der Waals surface area contributed by atoms with Gasteiger partial charge in [0.15, 0.2) is 0 Å². The molecule has 26 heavy (non-hydrogen) atoms. The summed E-state index contributed by atoms with van der Waals surface area (Å²) < 4.78 is 0. The Hall–Kier alpha value is -2.44. The van der Waals surface area contributed by atoms with E-state index in [1.54, 1.807) is 17.5 Å². The Bertz CT molecular complexity index is 823. The molecule has 5 nitrogen and oxygen atoms in total. The number of hydrogen-bond acceptors (Lipinski definition) is 6. The first-order valence-corrected chi connectivity index (χ1v) is 9.80. The first-order valence-electron chi connectivity index (χ1n) is 8.98.